The molecule has 2 heterocycles. The number of fused-ring (bicyclic) bond motifs is 1. The quantitative estimate of drug-likeness (QED) is 0.417. The highest BCUT2D eigenvalue weighted by atomic mass is 35.5. The van der Waals surface area contributed by atoms with Crippen LogP contribution in [0.25, 0.3) is 10.9 Å². The van der Waals surface area contributed by atoms with Crippen LogP contribution in [0.15, 0.2) is 41.7 Å². The standard InChI is InChI=1S/C18H23ClN4O5S/c1-26-7-8-28-10-9-27-6-5-23-13-14(11-21-23)29(24,25)22-17-4-2-3-15-16(19)12-20-18(15)17/h2-4,11-13,20,22H,5-10H2,1H3. The summed E-state index contributed by atoms with van der Waals surface area (Å²) in [5, 5.41) is 5.36. The van der Waals surface area contributed by atoms with Gasteiger partial charge in [0.15, 0.2) is 0 Å². The molecule has 0 amide bonds. The summed E-state index contributed by atoms with van der Waals surface area (Å²) in [6.07, 6.45) is 4.38. The highest BCUT2D eigenvalue weighted by Crippen LogP contribution is 2.29. The average molecular weight is 443 g/mol. The van der Waals surface area contributed by atoms with E-state index in [9.17, 15) is 8.42 Å². The van der Waals surface area contributed by atoms with E-state index >= 15 is 0 Å². The van der Waals surface area contributed by atoms with Gasteiger partial charge in [0.2, 0.25) is 0 Å². The lowest BCUT2D eigenvalue weighted by Gasteiger charge is -2.07. The van der Waals surface area contributed by atoms with Crippen LogP contribution in [0.4, 0.5) is 5.69 Å². The molecule has 0 aliphatic carbocycles. The summed E-state index contributed by atoms with van der Waals surface area (Å²) in [7, 11) is -2.18. The second-order valence-electron chi connectivity index (χ2n) is 6.13. The van der Waals surface area contributed by atoms with Crippen LogP contribution in [0, 0.1) is 0 Å². The predicted molar refractivity (Wildman–Crippen MR) is 110 cm³/mol. The number of hydrogen-bond acceptors (Lipinski definition) is 6. The largest absolute Gasteiger partial charge is 0.382 e. The zero-order valence-electron chi connectivity index (χ0n) is 15.9. The maximum atomic E-state index is 12.7. The van der Waals surface area contributed by atoms with Gasteiger partial charge in [-0.1, -0.05) is 23.7 Å². The van der Waals surface area contributed by atoms with E-state index in [1.807, 2.05) is 6.07 Å². The summed E-state index contributed by atoms with van der Waals surface area (Å²) in [5.41, 5.74) is 1.04. The van der Waals surface area contributed by atoms with Gasteiger partial charge in [-0.2, -0.15) is 5.10 Å². The molecular formula is C18H23ClN4O5S. The first-order valence-electron chi connectivity index (χ1n) is 8.96. The molecule has 9 nitrogen and oxygen atoms in total. The number of aromatic amines is 1. The van der Waals surface area contributed by atoms with Gasteiger partial charge in [-0.25, -0.2) is 8.42 Å². The van der Waals surface area contributed by atoms with Gasteiger partial charge in [-0.05, 0) is 6.07 Å². The Kier molecular flexibility index (Phi) is 7.51. The minimum absolute atomic E-state index is 0.0649. The normalized spacial score (nSPS) is 11.9. The molecule has 3 aromatic rings. The molecule has 0 unspecified atom stereocenters. The Labute approximate surface area is 173 Å². The maximum Gasteiger partial charge on any atom is 0.265 e. The molecular weight excluding hydrogens is 420 g/mol. The monoisotopic (exact) mass is 442 g/mol. The molecule has 11 heteroatoms. The topological polar surface area (TPSA) is 107 Å². The predicted octanol–water partition coefficient (Wildman–Crippen LogP) is 2.50. The Morgan fingerprint density at radius 3 is 2.72 bits per heavy atom. The fourth-order valence-corrected chi connectivity index (χ4v) is 3.87. The Balaban J connectivity index is 1.53. The summed E-state index contributed by atoms with van der Waals surface area (Å²) in [6, 6.07) is 5.21. The van der Waals surface area contributed by atoms with Crippen molar-refractivity contribution in [2.24, 2.45) is 0 Å². The fraction of sp³-hybridized carbons (Fsp3) is 0.389. The molecule has 1 aromatic carbocycles. The number of anilines is 1. The van der Waals surface area contributed by atoms with Gasteiger partial charge in [0.25, 0.3) is 10.0 Å². The van der Waals surface area contributed by atoms with Crippen molar-refractivity contribution in [2.75, 3.05) is 44.9 Å². The Morgan fingerprint density at radius 2 is 1.93 bits per heavy atom. The van der Waals surface area contributed by atoms with E-state index < -0.39 is 10.0 Å². The van der Waals surface area contributed by atoms with Crippen molar-refractivity contribution in [3.8, 4) is 0 Å². The number of aromatic nitrogens is 3. The maximum absolute atomic E-state index is 12.7. The molecule has 0 saturated carbocycles. The van der Waals surface area contributed by atoms with Crippen LogP contribution in [0.3, 0.4) is 0 Å². The Hall–Kier alpha value is -2.11. The zero-order valence-corrected chi connectivity index (χ0v) is 17.5. The van der Waals surface area contributed by atoms with Gasteiger partial charge >= 0.3 is 0 Å². The molecule has 0 spiro atoms. The number of H-pyrrole nitrogens is 1. The van der Waals surface area contributed by atoms with Gasteiger partial charge in [0, 0.05) is 24.9 Å². The van der Waals surface area contributed by atoms with Crippen LogP contribution in [-0.4, -0.2) is 63.3 Å². The lowest BCUT2D eigenvalue weighted by Crippen LogP contribution is -2.13. The third-order valence-electron chi connectivity index (χ3n) is 4.10. The second kappa shape index (κ2) is 10.1. The van der Waals surface area contributed by atoms with Crippen molar-refractivity contribution in [3.05, 3.63) is 41.8 Å². The molecule has 0 radical (unpaired) electrons. The van der Waals surface area contributed by atoms with Crippen molar-refractivity contribution in [1.82, 2.24) is 14.8 Å². The fourth-order valence-electron chi connectivity index (χ4n) is 2.64. The summed E-state index contributed by atoms with van der Waals surface area (Å²) < 4.78 is 45.1. The zero-order chi connectivity index (χ0) is 20.7. The number of ether oxygens (including phenoxy) is 3. The van der Waals surface area contributed by atoms with Gasteiger partial charge in [0.1, 0.15) is 4.90 Å². The van der Waals surface area contributed by atoms with Crippen molar-refractivity contribution < 1.29 is 22.6 Å². The second-order valence-corrected chi connectivity index (χ2v) is 8.22. The van der Waals surface area contributed by atoms with Crippen molar-refractivity contribution >= 4 is 38.2 Å². The number of rotatable bonds is 12. The van der Waals surface area contributed by atoms with Crippen LogP contribution in [-0.2, 0) is 30.8 Å². The van der Waals surface area contributed by atoms with Crippen molar-refractivity contribution in [1.29, 1.82) is 0 Å². The molecule has 2 N–H and O–H groups in total. The van der Waals surface area contributed by atoms with E-state index in [0.29, 0.717) is 55.8 Å². The van der Waals surface area contributed by atoms with E-state index in [0.717, 1.165) is 5.39 Å². The van der Waals surface area contributed by atoms with Gasteiger partial charge in [-0.3, -0.25) is 9.40 Å². The van der Waals surface area contributed by atoms with Gasteiger partial charge in [0.05, 0.1) is 62.0 Å². The number of benzene rings is 1. The van der Waals surface area contributed by atoms with Gasteiger partial charge < -0.3 is 19.2 Å². The number of para-hydroxylation sites is 1. The molecule has 0 saturated heterocycles. The van der Waals surface area contributed by atoms with Crippen molar-refractivity contribution in [2.45, 2.75) is 11.4 Å². The number of sulfonamides is 1. The van der Waals surface area contributed by atoms with E-state index in [2.05, 4.69) is 14.8 Å². The van der Waals surface area contributed by atoms with Crippen LogP contribution >= 0.6 is 11.6 Å². The molecule has 3 rings (SSSR count). The first-order valence-corrected chi connectivity index (χ1v) is 10.8. The van der Waals surface area contributed by atoms with E-state index in [1.165, 1.54) is 17.1 Å². The third-order valence-corrected chi connectivity index (χ3v) is 5.73. The number of nitrogens with one attached hydrogen (secondary N) is 2. The number of nitrogens with zero attached hydrogens (tertiary/aromatic N) is 2. The summed E-state index contributed by atoms with van der Waals surface area (Å²) in [6.45, 7) is 2.80. The molecule has 0 bridgehead atoms. The smallest absolute Gasteiger partial charge is 0.265 e. The summed E-state index contributed by atoms with van der Waals surface area (Å²) in [4.78, 5) is 3.04. The molecule has 0 fully saturated rings. The lowest BCUT2D eigenvalue weighted by molar-refractivity contribution is 0.0225. The number of methoxy groups -OCH3 is 1. The Morgan fingerprint density at radius 1 is 1.17 bits per heavy atom. The first-order chi connectivity index (χ1) is 14.0. The Bertz CT molecular complexity index is 1030. The third kappa shape index (κ3) is 5.71. The minimum atomic E-state index is -3.79. The highest BCUT2D eigenvalue weighted by molar-refractivity contribution is 7.92. The summed E-state index contributed by atoms with van der Waals surface area (Å²) >= 11 is 6.09. The lowest BCUT2D eigenvalue weighted by atomic mass is 10.2. The average Bonchev–Trinajstić information content (AvgIpc) is 3.32. The van der Waals surface area contributed by atoms with Crippen LogP contribution in [0.1, 0.15) is 0 Å². The number of hydrogen-bond donors (Lipinski definition) is 2. The first kappa shape index (κ1) is 21.6. The molecule has 158 valence electrons. The van der Waals surface area contributed by atoms with Crippen molar-refractivity contribution in [3.63, 3.8) is 0 Å². The van der Waals surface area contributed by atoms with Crippen LogP contribution in [0.5, 0.6) is 0 Å². The number of halogens is 1. The van der Waals surface area contributed by atoms with Crippen LogP contribution < -0.4 is 4.72 Å². The van der Waals surface area contributed by atoms with Gasteiger partial charge in [-0.15, -0.1) is 0 Å². The molecule has 0 aliphatic rings. The minimum Gasteiger partial charge on any atom is -0.382 e. The van der Waals surface area contributed by atoms with E-state index in [4.69, 9.17) is 25.8 Å². The molecule has 29 heavy (non-hydrogen) atoms. The van der Waals surface area contributed by atoms with Crippen LogP contribution in [0.2, 0.25) is 5.02 Å². The van der Waals surface area contributed by atoms with E-state index in [1.54, 1.807) is 25.4 Å². The summed E-state index contributed by atoms with van der Waals surface area (Å²) in [5.74, 6) is 0. The molecule has 0 atom stereocenters. The molecule has 2 aromatic heterocycles. The van der Waals surface area contributed by atoms with E-state index in [-0.39, 0.29) is 4.90 Å². The SMILES string of the molecule is COCCOCCOCCn1cc(S(=O)(=O)Nc2cccc3c(Cl)c[nH]c23)cn1. The molecule has 0 aliphatic heterocycles. The highest BCUT2D eigenvalue weighted by Gasteiger charge is 2.18.